The van der Waals surface area contributed by atoms with Gasteiger partial charge in [0.2, 0.25) is 0 Å². The molecule has 1 atom stereocenters. The fourth-order valence-electron chi connectivity index (χ4n) is 2.35. The van der Waals surface area contributed by atoms with Gasteiger partial charge in [0, 0.05) is 17.8 Å². The number of aliphatic hydroxyl groups is 1. The highest BCUT2D eigenvalue weighted by Crippen LogP contribution is 2.40. The summed E-state index contributed by atoms with van der Waals surface area (Å²) in [5.74, 6) is -0.481. The first-order chi connectivity index (χ1) is 10.7. The first kappa shape index (κ1) is 17.7. The van der Waals surface area contributed by atoms with Gasteiger partial charge in [0.25, 0.3) is 0 Å². The van der Waals surface area contributed by atoms with Crippen molar-refractivity contribution in [2.45, 2.75) is 45.5 Å². The number of rotatable bonds is 4. The van der Waals surface area contributed by atoms with Gasteiger partial charge in [-0.25, -0.2) is 9.59 Å². The van der Waals surface area contributed by atoms with Crippen LogP contribution in [0.5, 0.6) is 0 Å². The number of ether oxygens (including phenoxy) is 2. The molecule has 0 bridgehead atoms. The molecule has 8 heteroatoms. The maximum absolute atomic E-state index is 12.2. The van der Waals surface area contributed by atoms with Gasteiger partial charge in [0.15, 0.2) is 0 Å². The molecule has 3 N–H and O–H groups in total. The van der Waals surface area contributed by atoms with Gasteiger partial charge in [-0.3, -0.25) is 5.32 Å². The van der Waals surface area contributed by atoms with Gasteiger partial charge in [-0.05, 0) is 26.3 Å². The molecule has 0 saturated carbocycles. The maximum Gasteiger partial charge on any atom is 0.341 e. The van der Waals surface area contributed by atoms with E-state index in [9.17, 15) is 14.7 Å². The van der Waals surface area contributed by atoms with E-state index in [1.807, 2.05) is 13.8 Å². The van der Waals surface area contributed by atoms with E-state index in [1.165, 1.54) is 18.4 Å². The van der Waals surface area contributed by atoms with E-state index in [1.54, 1.807) is 6.92 Å². The first-order valence-corrected chi connectivity index (χ1v) is 8.15. The average Bonchev–Trinajstić information content (AvgIpc) is 2.80. The van der Waals surface area contributed by atoms with E-state index < -0.39 is 18.1 Å². The van der Waals surface area contributed by atoms with Crippen molar-refractivity contribution < 1.29 is 24.2 Å². The zero-order chi connectivity index (χ0) is 17.2. The number of urea groups is 1. The summed E-state index contributed by atoms with van der Waals surface area (Å²) >= 11 is 1.31. The predicted octanol–water partition coefficient (Wildman–Crippen LogP) is 1.89. The molecule has 0 aromatic carbocycles. The van der Waals surface area contributed by atoms with Gasteiger partial charge in [-0.1, -0.05) is 0 Å². The topological polar surface area (TPSA) is 96.9 Å². The van der Waals surface area contributed by atoms with Crippen LogP contribution in [0.2, 0.25) is 0 Å². The molecule has 0 aliphatic carbocycles. The van der Waals surface area contributed by atoms with Crippen molar-refractivity contribution >= 4 is 28.3 Å². The number of carbonyl (C=O) groups excluding carboxylic acids is 2. The minimum Gasteiger partial charge on any atom is -0.465 e. The molecule has 2 heterocycles. The highest BCUT2D eigenvalue weighted by Gasteiger charge is 2.34. The van der Waals surface area contributed by atoms with Gasteiger partial charge in [0.1, 0.15) is 5.00 Å². The number of nitrogens with one attached hydrogen (secondary N) is 2. The van der Waals surface area contributed by atoms with Crippen LogP contribution in [0.3, 0.4) is 0 Å². The standard InChI is InChI=1S/C15H22N2O5S/c1-8(18)6-16-14(20)17-12-11(13(19)21-4)9-5-15(2,3)22-7-10(9)23-12/h8,18H,5-7H2,1-4H3,(H2,16,17,20)/t8-/m0/s1. The number of amides is 2. The van der Waals surface area contributed by atoms with Crippen molar-refractivity contribution in [3.05, 3.63) is 16.0 Å². The van der Waals surface area contributed by atoms with E-state index in [4.69, 9.17) is 9.47 Å². The highest BCUT2D eigenvalue weighted by atomic mass is 32.1. The Morgan fingerprint density at radius 1 is 1.48 bits per heavy atom. The molecule has 0 unspecified atom stereocenters. The maximum atomic E-state index is 12.2. The van der Waals surface area contributed by atoms with Gasteiger partial charge in [-0.2, -0.15) is 0 Å². The molecule has 7 nitrogen and oxygen atoms in total. The Labute approximate surface area is 139 Å². The predicted molar refractivity (Wildman–Crippen MR) is 86.9 cm³/mol. The lowest BCUT2D eigenvalue weighted by molar-refractivity contribution is -0.0384. The van der Waals surface area contributed by atoms with Gasteiger partial charge < -0.3 is 19.9 Å². The minimum absolute atomic E-state index is 0.126. The van der Waals surface area contributed by atoms with Crippen LogP contribution in [-0.2, 0) is 22.5 Å². The molecular formula is C15H22N2O5S. The number of methoxy groups -OCH3 is 1. The molecule has 0 saturated heterocycles. The molecule has 2 amide bonds. The van der Waals surface area contributed by atoms with Crippen molar-refractivity contribution in [3.63, 3.8) is 0 Å². The van der Waals surface area contributed by atoms with Gasteiger partial charge in [-0.15, -0.1) is 11.3 Å². The van der Waals surface area contributed by atoms with E-state index in [0.717, 1.165) is 10.4 Å². The van der Waals surface area contributed by atoms with Crippen LogP contribution < -0.4 is 10.6 Å². The zero-order valence-corrected chi connectivity index (χ0v) is 14.5. The quantitative estimate of drug-likeness (QED) is 0.726. The molecule has 0 radical (unpaired) electrons. The van der Waals surface area contributed by atoms with Crippen molar-refractivity contribution in [1.29, 1.82) is 0 Å². The summed E-state index contributed by atoms with van der Waals surface area (Å²) < 4.78 is 10.6. The number of thiophene rings is 1. The minimum atomic E-state index is -0.647. The Balaban J connectivity index is 2.27. The lowest BCUT2D eigenvalue weighted by atomic mass is 9.93. The molecule has 128 valence electrons. The lowest BCUT2D eigenvalue weighted by Crippen LogP contribution is -2.34. The van der Waals surface area contributed by atoms with Crippen LogP contribution in [0.25, 0.3) is 0 Å². The highest BCUT2D eigenvalue weighted by molar-refractivity contribution is 7.17. The summed E-state index contributed by atoms with van der Waals surface area (Å²) in [6.45, 7) is 6.01. The molecule has 23 heavy (non-hydrogen) atoms. The summed E-state index contributed by atoms with van der Waals surface area (Å²) in [7, 11) is 1.31. The first-order valence-electron chi connectivity index (χ1n) is 7.33. The second-order valence-corrected chi connectivity index (χ2v) is 7.21. The van der Waals surface area contributed by atoms with E-state index in [-0.39, 0.29) is 12.1 Å². The summed E-state index contributed by atoms with van der Waals surface area (Å²) in [6.07, 6.45) is -0.0770. The summed E-state index contributed by atoms with van der Waals surface area (Å²) in [4.78, 5) is 25.0. The third-order valence-corrected chi connectivity index (χ3v) is 4.58. The average molecular weight is 342 g/mol. The van der Waals surface area contributed by atoms with Crippen LogP contribution in [-0.4, -0.2) is 42.5 Å². The molecule has 0 spiro atoms. The third-order valence-electron chi connectivity index (χ3n) is 3.46. The van der Waals surface area contributed by atoms with Crippen molar-refractivity contribution in [3.8, 4) is 0 Å². The number of esters is 1. The Kier molecular flexibility index (Phi) is 5.28. The van der Waals surface area contributed by atoms with Crippen LogP contribution in [0.4, 0.5) is 9.80 Å². The Morgan fingerprint density at radius 2 is 2.17 bits per heavy atom. The SMILES string of the molecule is COC(=O)c1c(NC(=O)NC[C@H](C)O)sc2c1CC(C)(C)OC2. The number of carbonyl (C=O) groups is 2. The van der Waals surface area contributed by atoms with Crippen LogP contribution in [0.1, 0.15) is 41.6 Å². The lowest BCUT2D eigenvalue weighted by Gasteiger charge is -2.30. The fourth-order valence-corrected chi connectivity index (χ4v) is 3.46. The van der Waals surface area contributed by atoms with Gasteiger partial charge >= 0.3 is 12.0 Å². The Morgan fingerprint density at radius 3 is 2.78 bits per heavy atom. The number of aliphatic hydroxyl groups excluding tert-OH is 1. The number of anilines is 1. The Hall–Kier alpha value is -1.64. The summed E-state index contributed by atoms with van der Waals surface area (Å²) in [5.41, 5.74) is 0.878. The second kappa shape index (κ2) is 6.86. The smallest absolute Gasteiger partial charge is 0.341 e. The molecule has 1 aromatic rings. The molecule has 1 aliphatic heterocycles. The monoisotopic (exact) mass is 342 g/mol. The molecule has 1 aliphatic rings. The van der Waals surface area contributed by atoms with E-state index >= 15 is 0 Å². The molecular weight excluding hydrogens is 320 g/mol. The largest absolute Gasteiger partial charge is 0.465 e. The molecule has 2 rings (SSSR count). The number of hydrogen-bond donors (Lipinski definition) is 3. The third kappa shape index (κ3) is 4.21. The van der Waals surface area contributed by atoms with E-state index in [0.29, 0.717) is 23.6 Å². The zero-order valence-electron chi connectivity index (χ0n) is 13.7. The number of hydrogen-bond acceptors (Lipinski definition) is 6. The summed E-state index contributed by atoms with van der Waals surface area (Å²) in [5, 5.41) is 14.8. The fraction of sp³-hybridized carbons (Fsp3) is 0.600. The Bertz CT molecular complexity index is 609. The van der Waals surface area contributed by atoms with Crippen LogP contribution in [0, 0.1) is 0 Å². The van der Waals surface area contributed by atoms with Crippen LogP contribution >= 0.6 is 11.3 Å². The molecule has 1 aromatic heterocycles. The van der Waals surface area contributed by atoms with Gasteiger partial charge in [0.05, 0.1) is 31.0 Å². The number of fused-ring (bicyclic) bond motifs is 1. The van der Waals surface area contributed by atoms with E-state index in [2.05, 4.69) is 10.6 Å². The van der Waals surface area contributed by atoms with Crippen molar-refractivity contribution in [2.24, 2.45) is 0 Å². The van der Waals surface area contributed by atoms with Crippen LogP contribution in [0.15, 0.2) is 0 Å². The molecule has 0 fully saturated rings. The van der Waals surface area contributed by atoms with Crippen molar-refractivity contribution in [1.82, 2.24) is 5.32 Å². The summed E-state index contributed by atoms with van der Waals surface area (Å²) in [6, 6.07) is -0.477. The second-order valence-electron chi connectivity index (χ2n) is 6.11. The van der Waals surface area contributed by atoms with Crippen molar-refractivity contribution in [2.75, 3.05) is 19.0 Å². The normalized spacial score (nSPS) is 17.1.